The number of allylic oxidation sites excluding steroid dienone is 1. The lowest BCUT2D eigenvalue weighted by Crippen LogP contribution is -2.01. The molecule has 0 spiro atoms. The summed E-state index contributed by atoms with van der Waals surface area (Å²) in [6, 6.07) is 10.2. The van der Waals surface area contributed by atoms with Gasteiger partial charge in [-0.3, -0.25) is 4.68 Å². The van der Waals surface area contributed by atoms with E-state index in [1.807, 2.05) is 47.7 Å². The van der Waals surface area contributed by atoms with E-state index in [1.165, 1.54) is 0 Å². The molecule has 0 atom stereocenters. The van der Waals surface area contributed by atoms with Crippen LogP contribution in [0.3, 0.4) is 0 Å². The van der Waals surface area contributed by atoms with Crippen LogP contribution in [0.4, 0.5) is 0 Å². The minimum absolute atomic E-state index is 0.677. The highest BCUT2D eigenvalue weighted by atomic mass is 32.2. The van der Waals surface area contributed by atoms with Crippen LogP contribution in [-0.2, 0) is 13.1 Å². The van der Waals surface area contributed by atoms with Crippen molar-refractivity contribution in [2.24, 2.45) is 0 Å². The van der Waals surface area contributed by atoms with Crippen LogP contribution in [0.15, 0.2) is 72.9 Å². The van der Waals surface area contributed by atoms with Crippen LogP contribution >= 0.6 is 11.8 Å². The molecule has 0 aliphatic carbocycles. The molecule has 3 heterocycles. The number of imidazole rings is 1. The summed E-state index contributed by atoms with van der Waals surface area (Å²) in [5.41, 5.74) is 4.16. The Balaban J connectivity index is 1.65. The molecule has 0 radical (unpaired) electrons. The van der Waals surface area contributed by atoms with Crippen molar-refractivity contribution in [2.45, 2.75) is 18.1 Å². The second-order valence-electron chi connectivity index (χ2n) is 5.90. The van der Waals surface area contributed by atoms with Gasteiger partial charge in [0.05, 0.1) is 36.7 Å². The molecule has 0 saturated heterocycles. The molecule has 1 aromatic carbocycles. The van der Waals surface area contributed by atoms with Gasteiger partial charge in [0.25, 0.3) is 0 Å². The van der Waals surface area contributed by atoms with Crippen LogP contribution in [0.2, 0.25) is 0 Å². The molecule has 0 aliphatic rings. The fraction of sp³-hybridized carbons (Fsp3) is 0.158. The number of rotatable bonds is 8. The van der Waals surface area contributed by atoms with Gasteiger partial charge in [-0.05, 0) is 0 Å². The van der Waals surface area contributed by atoms with Crippen LogP contribution in [0, 0.1) is 0 Å². The number of nitrogens with zero attached hydrogens (tertiary/aromatic N) is 6. The molecule has 1 N–H and O–H groups in total. The number of aryl methyl sites for hydroxylation is 1. The average Bonchev–Trinajstić information content (AvgIpc) is 3.43. The normalized spacial score (nSPS) is 11.0. The molecule has 4 aromatic rings. The Kier molecular flexibility index (Phi) is 5.15. The maximum atomic E-state index is 4.70. The summed E-state index contributed by atoms with van der Waals surface area (Å²) in [7, 11) is 0. The zero-order valence-corrected chi connectivity index (χ0v) is 15.5. The topological polar surface area (TPSA) is 77.2 Å². The highest BCUT2D eigenvalue weighted by molar-refractivity contribution is 7.99. The number of thioether (sulfide) groups is 1. The third-order valence-electron chi connectivity index (χ3n) is 4.08. The predicted molar refractivity (Wildman–Crippen MR) is 106 cm³/mol. The molecule has 0 bridgehead atoms. The Morgan fingerprint density at radius 2 is 2.04 bits per heavy atom. The highest BCUT2D eigenvalue weighted by Gasteiger charge is 2.16. The van der Waals surface area contributed by atoms with E-state index in [4.69, 9.17) is 4.98 Å². The fourth-order valence-corrected chi connectivity index (χ4v) is 3.62. The Hall–Kier alpha value is -3.13. The average molecular weight is 377 g/mol. The van der Waals surface area contributed by atoms with E-state index >= 15 is 0 Å². The van der Waals surface area contributed by atoms with Crippen molar-refractivity contribution >= 4 is 11.8 Å². The summed E-state index contributed by atoms with van der Waals surface area (Å²) in [5, 5.41) is 15.9. The minimum atomic E-state index is 0.677. The number of hydrogen-bond donors (Lipinski definition) is 1. The zero-order chi connectivity index (χ0) is 18.5. The van der Waals surface area contributed by atoms with Gasteiger partial charge in [-0.15, -0.1) is 23.4 Å². The summed E-state index contributed by atoms with van der Waals surface area (Å²) in [5.74, 6) is 0.866. The van der Waals surface area contributed by atoms with Crippen molar-refractivity contribution in [1.82, 2.24) is 34.7 Å². The van der Waals surface area contributed by atoms with E-state index in [2.05, 4.69) is 43.8 Å². The van der Waals surface area contributed by atoms with E-state index in [0.717, 1.165) is 39.8 Å². The Labute approximate surface area is 161 Å². The first-order chi connectivity index (χ1) is 13.3. The molecule has 0 unspecified atom stereocenters. The first-order valence-electron chi connectivity index (χ1n) is 8.58. The van der Waals surface area contributed by atoms with Gasteiger partial charge < -0.3 is 4.57 Å². The lowest BCUT2D eigenvalue weighted by molar-refractivity contribution is 0.703. The fourth-order valence-electron chi connectivity index (χ4n) is 2.89. The minimum Gasteiger partial charge on any atom is -0.329 e. The molecule has 0 amide bonds. The summed E-state index contributed by atoms with van der Waals surface area (Å²) in [4.78, 5) is 4.70. The van der Waals surface area contributed by atoms with Crippen LogP contribution < -0.4 is 0 Å². The van der Waals surface area contributed by atoms with Gasteiger partial charge in [0.2, 0.25) is 0 Å². The monoisotopic (exact) mass is 377 g/mol. The third kappa shape index (κ3) is 3.85. The van der Waals surface area contributed by atoms with Gasteiger partial charge in [-0.2, -0.15) is 15.4 Å². The first kappa shape index (κ1) is 17.3. The SMILES string of the molecule is C=CCn1cc(-c2c(-c3ccccc3)ncn2CCSc2cn[nH]n2)cn1. The van der Waals surface area contributed by atoms with Crippen molar-refractivity contribution in [3.63, 3.8) is 0 Å². The van der Waals surface area contributed by atoms with Crippen molar-refractivity contribution in [3.05, 3.63) is 67.9 Å². The zero-order valence-electron chi connectivity index (χ0n) is 14.7. The van der Waals surface area contributed by atoms with E-state index in [0.29, 0.717) is 6.54 Å². The molecule has 136 valence electrons. The van der Waals surface area contributed by atoms with Crippen LogP contribution in [0.1, 0.15) is 0 Å². The standard InChI is InChI=1S/C19H19N7S/c1-2-8-26-13-16(11-22-26)19-18(15-6-4-3-5-7-15)20-14-25(19)9-10-27-17-12-21-24-23-17/h2-7,11-14H,1,8-10H2,(H,21,23,24). The quantitative estimate of drug-likeness (QED) is 0.376. The van der Waals surface area contributed by atoms with E-state index < -0.39 is 0 Å². The smallest absolute Gasteiger partial charge is 0.138 e. The van der Waals surface area contributed by atoms with Gasteiger partial charge in [-0.1, -0.05) is 36.4 Å². The summed E-state index contributed by atoms with van der Waals surface area (Å²) in [6.07, 6.45) is 9.38. The lowest BCUT2D eigenvalue weighted by Gasteiger charge is -2.08. The molecule has 3 aromatic heterocycles. The van der Waals surface area contributed by atoms with Crippen LogP contribution in [-0.4, -0.2) is 40.5 Å². The van der Waals surface area contributed by atoms with Gasteiger partial charge in [0.15, 0.2) is 0 Å². The molecular weight excluding hydrogens is 358 g/mol. The second kappa shape index (κ2) is 8.05. The molecule has 7 nitrogen and oxygen atoms in total. The number of nitrogens with one attached hydrogen (secondary N) is 1. The second-order valence-corrected chi connectivity index (χ2v) is 7.01. The van der Waals surface area contributed by atoms with E-state index in [9.17, 15) is 0 Å². The van der Waals surface area contributed by atoms with Gasteiger partial charge in [0, 0.05) is 29.6 Å². The molecule has 4 rings (SSSR count). The van der Waals surface area contributed by atoms with E-state index in [1.54, 1.807) is 18.0 Å². The van der Waals surface area contributed by atoms with Crippen molar-refractivity contribution < 1.29 is 0 Å². The predicted octanol–water partition coefficient (Wildman–Crippen LogP) is 3.51. The van der Waals surface area contributed by atoms with Gasteiger partial charge in [0.1, 0.15) is 5.03 Å². The molecule has 0 fully saturated rings. The van der Waals surface area contributed by atoms with Crippen LogP contribution in [0.5, 0.6) is 0 Å². The van der Waals surface area contributed by atoms with Gasteiger partial charge in [-0.25, -0.2) is 4.98 Å². The number of H-pyrrole nitrogens is 1. The molecule has 27 heavy (non-hydrogen) atoms. The third-order valence-corrected chi connectivity index (χ3v) is 4.96. The van der Waals surface area contributed by atoms with E-state index in [-0.39, 0.29) is 0 Å². The Bertz CT molecular complexity index is 1000. The number of aromatic amines is 1. The highest BCUT2D eigenvalue weighted by Crippen LogP contribution is 2.31. The largest absolute Gasteiger partial charge is 0.329 e. The summed E-state index contributed by atoms with van der Waals surface area (Å²) in [6.45, 7) is 5.26. The number of hydrogen-bond acceptors (Lipinski definition) is 5. The Morgan fingerprint density at radius 1 is 1.15 bits per heavy atom. The first-order valence-corrected chi connectivity index (χ1v) is 9.56. The number of benzene rings is 1. The maximum Gasteiger partial charge on any atom is 0.138 e. The molecular formula is C19H19N7S. The number of aromatic nitrogens is 7. The lowest BCUT2D eigenvalue weighted by atomic mass is 10.1. The molecule has 0 saturated carbocycles. The van der Waals surface area contributed by atoms with Crippen LogP contribution in [0.25, 0.3) is 22.5 Å². The molecule has 8 heteroatoms. The summed E-state index contributed by atoms with van der Waals surface area (Å²) < 4.78 is 4.04. The van der Waals surface area contributed by atoms with Gasteiger partial charge >= 0.3 is 0 Å². The molecule has 0 aliphatic heterocycles. The summed E-state index contributed by atoms with van der Waals surface area (Å²) >= 11 is 1.66. The van der Waals surface area contributed by atoms with Crippen molar-refractivity contribution in [1.29, 1.82) is 0 Å². The Morgan fingerprint density at radius 3 is 2.81 bits per heavy atom. The van der Waals surface area contributed by atoms with Crippen molar-refractivity contribution in [2.75, 3.05) is 5.75 Å². The van der Waals surface area contributed by atoms with Crippen molar-refractivity contribution in [3.8, 4) is 22.5 Å². The maximum absolute atomic E-state index is 4.70.